The molecule has 0 heterocycles. The van der Waals surface area contributed by atoms with E-state index in [0.29, 0.717) is 5.03 Å². The maximum Gasteiger partial charge on any atom is 0.0790 e. The summed E-state index contributed by atoms with van der Waals surface area (Å²) in [5, 5.41) is 9.41. The summed E-state index contributed by atoms with van der Waals surface area (Å²) in [4.78, 5) is 0. The molecule has 12 heavy (non-hydrogen) atoms. The van der Waals surface area contributed by atoms with E-state index in [9.17, 15) is 0 Å². The molecule has 0 bridgehead atoms. The molecule has 2 heteroatoms. The zero-order chi connectivity index (χ0) is 8.97. The first-order chi connectivity index (χ1) is 5.75. The van der Waals surface area contributed by atoms with Crippen LogP contribution in [0.4, 0.5) is 0 Å². The fraction of sp³-hybridized carbons (Fsp3) is 0.600. The minimum absolute atomic E-state index is 0.0370. The monoisotopic (exact) mass is 186 g/mol. The van der Waals surface area contributed by atoms with Crippen molar-refractivity contribution in [3.63, 3.8) is 0 Å². The van der Waals surface area contributed by atoms with E-state index in [2.05, 4.69) is 6.08 Å². The van der Waals surface area contributed by atoms with Crippen molar-refractivity contribution in [1.29, 1.82) is 0 Å². The molecule has 1 nitrogen and oxygen atoms in total. The molecule has 0 aromatic heterocycles. The van der Waals surface area contributed by atoms with Gasteiger partial charge in [-0.1, -0.05) is 17.7 Å². The van der Waals surface area contributed by atoms with E-state index < -0.39 is 0 Å². The van der Waals surface area contributed by atoms with E-state index in [1.807, 2.05) is 6.92 Å². The average Bonchev–Trinajstić information content (AvgIpc) is 2.17. The van der Waals surface area contributed by atoms with Crippen molar-refractivity contribution in [3.05, 3.63) is 22.3 Å². The Morgan fingerprint density at radius 1 is 1.58 bits per heavy atom. The van der Waals surface area contributed by atoms with Crippen LogP contribution in [0.25, 0.3) is 0 Å². The third-order valence-corrected chi connectivity index (χ3v) is 2.72. The molecule has 68 valence electrons. The van der Waals surface area contributed by atoms with Gasteiger partial charge in [-0.05, 0) is 43.8 Å². The molecule has 0 saturated carbocycles. The SMILES string of the molecule is C/C(C1=CCCCC1)=C(\Cl)CO. The summed E-state index contributed by atoms with van der Waals surface area (Å²) >= 11 is 5.84. The van der Waals surface area contributed by atoms with Gasteiger partial charge in [-0.25, -0.2) is 0 Å². The van der Waals surface area contributed by atoms with Crippen molar-refractivity contribution >= 4 is 11.6 Å². The van der Waals surface area contributed by atoms with Crippen LogP contribution in [0.5, 0.6) is 0 Å². The Hall–Kier alpha value is -0.270. The number of hydrogen-bond acceptors (Lipinski definition) is 1. The molecule has 1 rings (SSSR count). The van der Waals surface area contributed by atoms with Gasteiger partial charge in [-0.15, -0.1) is 0 Å². The van der Waals surface area contributed by atoms with Gasteiger partial charge in [0.2, 0.25) is 0 Å². The highest BCUT2D eigenvalue weighted by atomic mass is 35.5. The Balaban J connectivity index is 2.74. The molecule has 0 fully saturated rings. The van der Waals surface area contributed by atoms with Gasteiger partial charge in [0.1, 0.15) is 0 Å². The normalized spacial score (nSPS) is 20.1. The van der Waals surface area contributed by atoms with E-state index in [1.54, 1.807) is 0 Å². The first-order valence-electron chi connectivity index (χ1n) is 4.41. The number of aliphatic hydroxyl groups excluding tert-OH is 1. The number of hydrogen-bond donors (Lipinski definition) is 1. The third kappa shape index (κ3) is 2.36. The molecular weight excluding hydrogens is 172 g/mol. The lowest BCUT2D eigenvalue weighted by Gasteiger charge is -2.14. The van der Waals surface area contributed by atoms with E-state index in [4.69, 9.17) is 16.7 Å². The molecule has 0 unspecified atom stereocenters. The van der Waals surface area contributed by atoms with Gasteiger partial charge < -0.3 is 5.11 Å². The molecule has 0 aromatic carbocycles. The second-order valence-corrected chi connectivity index (χ2v) is 3.62. The van der Waals surface area contributed by atoms with Crippen molar-refractivity contribution < 1.29 is 5.11 Å². The van der Waals surface area contributed by atoms with Gasteiger partial charge in [0.25, 0.3) is 0 Å². The summed E-state index contributed by atoms with van der Waals surface area (Å²) in [6.45, 7) is 1.94. The zero-order valence-corrected chi connectivity index (χ0v) is 8.19. The summed E-state index contributed by atoms with van der Waals surface area (Å²) in [6.07, 6.45) is 7.04. The van der Waals surface area contributed by atoms with Crippen LogP contribution in [0, 0.1) is 0 Å². The smallest absolute Gasteiger partial charge is 0.0790 e. The Bertz CT molecular complexity index is 216. The van der Waals surface area contributed by atoms with Gasteiger partial charge in [0.05, 0.1) is 6.61 Å². The molecule has 0 aromatic rings. The van der Waals surface area contributed by atoms with Crippen LogP contribution < -0.4 is 0 Å². The predicted molar refractivity (Wildman–Crippen MR) is 52.2 cm³/mol. The topological polar surface area (TPSA) is 20.2 Å². The maximum atomic E-state index is 8.82. The van der Waals surface area contributed by atoms with Crippen molar-refractivity contribution in [2.75, 3.05) is 6.61 Å². The fourth-order valence-corrected chi connectivity index (χ4v) is 1.59. The molecule has 1 aliphatic carbocycles. The van der Waals surface area contributed by atoms with E-state index >= 15 is 0 Å². The van der Waals surface area contributed by atoms with Gasteiger partial charge >= 0.3 is 0 Å². The largest absolute Gasteiger partial charge is 0.391 e. The van der Waals surface area contributed by atoms with Gasteiger partial charge in [0.15, 0.2) is 0 Å². The molecule has 0 saturated heterocycles. The molecule has 0 atom stereocenters. The number of halogens is 1. The molecule has 0 aliphatic heterocycles. The van der Waals surface area contributed by atoms with Crippen LogP contribution in [0.15, 0.2) is 22.3 Å². The van der Waals surface area contributed by atoms with Gasteiger partial charge in [-0.2, -0.15) is 0 Å². The van der Waals surface area contributed by atoms with Crippen molar-refractivity contribution in [2.24, 2.45) is 0 Å². The van der Waals surface area contributed by atoms with Crippen LogP contribution in [0.3, 0.4) is 0 Å². The van der Waals surface area contributed by atoms with Crippen LogP contribution in [-0.2, 0) is 0 Å². The van der Waals surface area contributed by atoms with E-state index in [-0.39, 0.29) is 6.61 Å². The molecule has 0 spiro atoms. The van der Waals surface area contributed by atoms with Crippen molar-refractivity contribution in [1.82, 2.24) is 0 Å². The second kappa shape index (κ2) is 4.68. The Morgan fingerprint density at radius 3 is 2.83 bits per heavy atom. The van der Waals surface area contributed by atoms with Crippen LogP contribution in [0.1, 0.15) is 32.6 Å². The Labute approximate surface area is 78.7 Å². The summed E-state index contributed by atoms with van der Waals surface area (Å²) in [6, 6.07) is 0. The van der Waals surface area contributed by atoms with Gasteiger partial charge in [0, 0.05) is 5.03 Å². The quantitative estimate of drug-likeness (QED) is 0.703. The first kappa shape index (κ1) is 9.82. The lowest BCUT2D eigenvalue weighted by molar-refractivity contribution is 0.337. The highest BCUT2D eigenvalue weighted by Crippen LogP contribution is 2.26. The summed E-state index contributed by atoms with van der Waals surface area (Å²) < 4.78 is 0. The first-order valence-corrected chi connectivity index (χ1v) is 4.79. The Kier molecular flexibility index (Phi) is 3.83. The molecule has 0 amide bonds. The number of aliphatic hydroxyl groups is 1. The zero-order valence-electron chi connectivity index (χ0n) is 7.44. The number of allylic oxidation sites excluding steroid dienone is 3. The fourth-order valence-electron chi connectivity index (χ4n) is 1.47. The maximum absolute atomic E-state index is 8.82. The highest BCUT2D eigenvalue weighted by Gasteiger charge is 2.07. The minimum Gasteiger partial charge on any atom is -0.391 e. The predicted octanol–water partition coefficient (Wildman–Crippen LogP) is 2.99. The van der Waals surface area contributed by atoms with Crippen LogP contribution in [0.2, 0.25) is 0 Å². The standard InChI is InChI=1S/C10H15ClO/c1-8(10(11)7-12)9-5-3-2-4-6-9/h5,12H,2-4,6-7H2,1H3/b10-8+. The lowest BCUT2D eigenvalue weighted by atomic mass is 9.94. The summed E-state index contributed by atoms with van der Waals surface area (Å²) in [5.41, 5.74) is 2.39. The van der Waals surface area contributed by atoms with Crippen LogP contribution in [-0.4, -0.2) is 11.7 Å². The molecule has 1 N–H and O–H groups in total. The van der Waals surface area contributed by atoms with Crippen molar-refractivity contribution in [3.8, 4) is 0 Å². The minimum atomic E-state index is -0.0370. The van der Waals surface area contributed by atoms with Crippen molar-refractivity contribution in [2.45, 2.75) is 32.6 Å². The van der Waals surface area contributed by atoms with E-state index in [1.165, 1.54) is 18.4 Å². The Morgan fingerprint density at radius 2 is 2.33 bits per heavy atom. The lowest BCUT2D eigenvalue weighted by Crippen LogP contribution is -1.96. The number of rotatable bonds is 2. The highest BCUT2D eigenvalue weighted by molar-refractivity contribution is 6.30. The summed E-state index contributed by atoms with van der Waals surface area (Å²) in [7, 11) is 0. The second-order valence-electron chi connectivity index (χ2n) is 3.16. The summed E-state index contributed by atoms with van der Waals surface area (Å²) in [5.74, 6) is 0. The van der Waals surface area contributed by atoms with Gasteiger partial charge in [-0.3, -0.25) is 0 Å². The molecule has 0 radical (unpaired) electrons. The molecule has 1 aliphatic rings. The third-order valence-electron chi connectivity index (χ3n) is 2.32. The van der Waals surface area contributed by atoms with Crippen LogP contribution >= 0.6 is 11.6 Å². The average molecular weight is 187 g/mol. The van der Waals surface area contributed by atoms with E-state index in [0.717, 1.165) is 18.4 Å². The molecular formula is C10H15ClO.